The van der Waals surface area contributed by atoms with Crippen molar-refractivity contribution >= 4 is 0 Å². The van der Waals surface area contributed by atoms with E-state index in [1.807, 2.05) is 0 Å². The summed E-state index contributed by atoms with van der Waals surface area (Å²) in [7, 11) is 0. The van der Waals surface area contributed by atoms with Crippen LogP contribution < -0.4 is 0 Å². The topological polar surface area (TPSA) is 0 Å². The van der Waals surface area contributed by atoms with Gasteiger partial charge in [0.1, 0.15) is 0 Å². The first-order chi connectivity index (χ1) is 8.04. The Labute approximate surface area is 104 Å². The molecule has 0 heterocycles. The van der Waals surface area contributed by atoms with Crippen molar-refractivity contribution < 1.29 is 0 Å². The summed E-state index contributed by atoms with van der Waals surface area (Å²) in [6, 6.07) is 13.5. The van der Waals surface area contributed by atoms with E-state index in [4.69, 9.17) is 0 Å². The second-order valence-corrected chi connectivity index (χ2v) is 5.10. The molecule has 0 atom stereocenters. The number of aryl methyl sites for hydroxylation is 4. The molecule has 88 valence electrons. The molecule has 0 aromatic heterocycles. The molecule has 0 unspecified atom stereocenters. The van der Waals surface area contributed by atoms with Gasteiger partial charge >= 0.3 is 0 Å². The van der Waals surface area contributed by atoms with Crippen LogP contribution in [0.1, 0.15) is 33.4 Å². The molecule has 0 nitrogen and oxygen atoms in total. The Morgan fingerprint density at radius 2 is 1.35 bits per heavy atom. The van der Waals surface area contributed by atoms with E-state index in [1.165, 1.54) is 33.4 Å². The van der Waals surface area contributed by atoms with E-state index in [0.29, 0.717) is 0 Å². The van der Waals surface area contributed by atoms with Gasteiger partial charge < -0.3 is 0 Å². The van der Waals surface area contributed by atoms with Crippen LogP contribution in [-0.4, -0.2) is 0 Å². The first-order valence-electron chi connectivity index (χ1n) is 6.18. The van der Waals surface area contributed by atoms with E-state index in [9.17, 15) is 0 Å². The van der Waals surface area contributed by atoms with Crippen molar-refractivity contribution in [2.45, 2.75) is 34.1 Å². The SMILES string of the molecule is Cc1cc(C)cc(Cc2ccc(C)cc2C)c1. The summed E-state index contributed by atoms with van der Waals surface area (Å²) in [6.07, 6.45) is 1.04. The highest BCUT2D eigenvalue weighted by Crippen LogP contribution is 2.17. The molecule has 2 rings (SSSR count). The molecule has 0 saturated carbocycles. The van der Waals surface area contributed by atoms with E-state index in [1.54, 1.807) is 0 Å². The molecular weight excluding hydrogens is 204 g/mol. The molecule has 0 aliphatic rings. The van der Waals surface area contributed by atoms with Gasteiger partial charge in [-0.25, -0.2) is 0 Å². The first-order valence-corrected chi connectivity index (χ1v) is 6.18. The van der Waals surface area contributed by atoms with E-state index < -0.39 is 0 Å². The summed E-state index contributed by atoms with van der Waals surface area (Å²) < 4.78 is 0. The Bertz CT molecular complexity index is 515. The molecule has 2 aromatic rings. The van der Waals surface area contributed by atoms with E-state index >= 15 is 0 Å². The van der Waals surface area contributed by atoms with Crippen LogP contribution in [0.3, 0.4) is 0 Å². The van der Waals surface area contributed by atoms with Gasteiger partial charge in [0.2, 0.25) is 0 Å². The second-order valence-electron chi connectivity index (χ2n) is 5.10. The van der Waals surface area contributed by atoms with Crippen LogP contribution in [0.2, 0.25) is 0 Å². The highest BCUT2D eigenvalue weighted by atomic mass is 14.1. The largest absolute Gasteiger partial charge is 0.0590 e. The maximum absolute atomic E-state index is 2.28. The smallest absolute Gasteiger partial charge is 0.00229 e. The standard InChI is InChI=1S/C17H20/c1-12-5-6-17(15(4)8-12)11-16-9-13(2)7-14(3)10-16/h5-10H,11H2,1-4H3. The number of hydrogen-bond acceptors (Lipinski definition) is 0. The number of hydrogen-bond donors (Lipinski definition) is 0. The molecule has 0 amide bonds. The Morgan fingerprint density at radius 1 is 0.706 bits per heavy atom. The summed E-state index contributed by atoms with van der Waals surface area (Å²) in [5.41, 5.74) is 8.28. The van der Waals surface area contributed by atoms with Gasteiger partial charge in [-0.05, 0) is 50.8 Å². The lowest BCUT2D eigenvalue weighted by Crippen LogP contribution is -1.94. The van der Waals surface area contributed by atoms with Crippen LogP contribution in [0.4, 0.5) is 0 Å². The van der Waals surface area contributed by atoms with Gasteiger partial charge in [-0.1, -0.05) is 53.1 Å². The average molecular weight is 224 g/mol. The quantitative estimate of drug-likeness (QED) is 0.704. The maximum atomic E-state index is 2.28. The molecule has 0 heteroatoms. The molecule has 17 heavy (non-hydrogen) atoms. The lowest BCUT2D eigenvalue weighted by atomic mass is 9.97. The zero-order valence-electron chi connectivity index (χ0n) is 11.2. The summed E-state index contributed by atoms with van der Waals surface area (Å²) in [5, 5.41) is 0. The zero-order chi connectivity index (χ0) is 12.4. The molecule has 0 bridgehead atoms. The molecule has 2 aromatic carbocycles. The average Bonchev–Trinajstić information content (AvgIpc) is 2.21. The Morgan fingerprint density at radius 3 is 1.94 bits per heavy atom. The molecule has 0 N–H and O–H groups in total. The van der Waals surface area contributed by atoms with Crippen LogP contribution in [-0.2, 0) is 6.42 Å². The normalized spacial score (nSPS) is 10.6. The van der Waals surface area contributed by atoms with E-state index in [0.717, 1.165) is 6.42 Å². The number of benzene rings is 2. The van der Waals surface area contributed by atoms with Gasteiger partial charge in [0.05, 0.1) is 0 Å². The molecule has 0 aliphatic carbocycles. The van der Waals surface area contributed by atoms with E-state index in [2.05, 4.69) is 64.1 Å². The van der Waals surface area contributed by atoms with Crippen LogP contribution >= 0.6 is 0 Å². The van der Waals surface area contributed by atoms with Crippen LogP contribution in [0.15, 0.2) is 36.4 Å². The van der Waals surface area contributed by atoms with Crippen molar-refractivity contribution in [3.05, 3.63) is 69.8 Å². The van der Waals surface area contributed by atoms with Crippen molar-refractivity contribution in [1.29, 1.82) is 0 Å². The van der Waals surface area contributed by atoms with Crippen LogP contribution in [0.25, 0.3) is 0 Å². The molecular formula is C17H20. The third kappa shape index (κ3) is 2.97. The van der Waals surface area contributed by atoms with Crippen molar-refractivity contribution in [3.8, 4) is 0 Å². The van der Waals surface area contributed by atoms with Gasteiger partial charge in [0.25, 0.3) is 0 Å². The van der Waals surface area contributed by atoms with E-state index in [-0.39, 0.29) is 0 Å². The molecule has 0 radical (unpaired) electrons. The van der Waals surface area contributed by atoms with Gasteiger partial charge in [0.15, 0.2) is 0 Å². The van der Waals surface area contributed by atoms with Gasteiger partial charge in [0, 0.05) is 0 Å². The summed E-state index contributed by atoms with van der Waals surface area (Å²) >= 11 is 0. The van der Waals surface area contributed by atoms with Crippen LogP contribution in [0, 0.1) is 27.7 Å². The van der Waals surface area contributed by atoms with Gasteiger partial charge in [-0.2, -0.15) is 0 Å². The fourth-order valence-electron chi connectivity index (χ4n) is 2.44. The van der Waals surface area contributed by atoms with Crippen molar-refractivity contribution in [2.24, 2.45) is 0 Å². The van der Waals surface area contributed by atoms with Gasteiger partial charge in [-0.15, -0.1) is 0 Å². The van der Waals surface area contributed by atoms with Crippen LogP contribution in [0.5, 0.6) is 0 Å². The fourth-order valence-corrected chi connectivity index (χ4v) is 2.44. The van der Waals surface area contributed by atoms with Crippen molar-refractivity contribution in [3.63, 3.8) is 0 Å². The highest BCUT2D eigenvalue weighted by molar-refractivity contribution is 5.37. The number of rotatable bonds is 2. The minimum absolute atomic E-state index is 1.04. The van der Waals surface area contributed by atoms with Crippen molar-refractivity contribution in [1.82, 2.24) is 0 Å². The highest BCUT2D eigenvalue weighted by Gasteiger charge is 2.02. The van der Waals surface area contributed by atoms with Gasteiger partial charge in [-0.3, -0.25) is 0 Å². The Balaban J connectivity index is 2.31. The minimum atomic E-state index is 1.04. The Kier molecular flexibility index (Phi) is 3.33. The summed E-state index contributed by atoms with van der Waals surface area (Å²) in [5.74, 6) is 0. The summed E-state index contributed by atoms with van der Waals surface area (Å²) in [4.78, 5) is 0. The lowest BCUT2D eigenvalue weighted by molar-refractivity contribution is 1.13. The van der Waals surface area contributed by atoms with Crippen molar-refractivity contribution in [2.75, 3.05) is 0 Å². The fraction of sp³-hybridized carbons (Fsp3) is 0.294. The maximum Gasteiger partial charge on any atom is -0.00229 e. The Hall–Kier alpha value is -1.56. The minimum Gasteiger partial charge on any atom is -0.0590 e. The molecule has 0 fully saturated rings. The second kappa shape index (κ2) is 4.75. The molecule has 0 saturated heterocycles. The monoisotopic (exact) mass is 224 g/mol. The predicted octanol–water partition coefficient (Wildman–Crippen LogP) is 4.51. The lowest BCUT2D eigenvalue weighted by Gasteiger charge is -2.09. The third-order valence-corrected chi connectivity index (χ3v) is 3.17. The predicted molar refractivity (Wildman–Crippen MR) is 74.6 cm³/mol. The molecule has 0 aliphatic heterocycles. The first kappa shape index (κ1) is 11.9. The third-order valence-electron chi connectivity index (χ3n) is 3.17. The summed E-state index contributed by atoms with van der Waals surface area (Å²) in [6.45, 7) is 8.68. The zero-order valence-corrected chi connectivity index (χ0v) is 11.2. The molecule has 0 spiro atoms.